The second-order valence-corrected chi connectivity index (χ2v) is 6.98. The number of nitrogens with two attached hydrogens (primary N) is 3. The standard InChI is InChI=1S/C19H28N6O7/c20-12(2-1-7-23-19(21)22)16(29)24-13(9-15(27)28)17(30)25-14(18(31)32)8-10-3-5-11(26)6-4-10/h3-6,12-14,26H,1-2,7-9,20H2,(H,24,29)(H,25,30)(H,27,28)(H,31,32)(H4,21,22,23)/t12-,13-,14-/m0/s1. The van der Waals surface area contributed by atoms with E-state index in [9.17, 15) is 29.4 Å². The smallest absolute Gasteiger partial charge is 0.326 e. The number of phenolic OH excluding ortho intramolecular Hbond substituents is 1. The predicted octanol–water partition coefficient (Wildman–Crippen LogP) is -2.16. The van der Waals surface area contributed by atoms with E-state index >= 15 is 0 Å². The lowest BCUT2D eigenvalue weighted by Crippen LogP contribution is -2.55. The lowest BCUT2D eigenvalue weighted by Gasteiger charge is -2.22. The van der Waals surface area contributed by atoms with Gasteiger partial charge in [0.05, 0.1) is 12.5 Å². The van der Waals surface area contributed by atoms with Crippen molar-refractivity contribution in [3.05, 3.63) is 29.8 Å². The number of aliphatic carboxylic acids is 2. The van der Waals surface area contributed by atoms with E-state index in [2.05, 4.69) is 15.6 Å². The minimum absolute atomic E-state index is 0.0106. The van der Waals surface area contributed by atoms with Gasteiger partial charge in [-0.3, -0.25) is 19.4 Å². The van der Waals surface area contributed by atoms with E-state index < -0.39 is 48.3 Å². The second kappa shape index (κ2) is 12.7. The highest BCUT2D eigenvalue weighted by molar-refractivity contribution is 5.94. The van der Waals surface area contributed by atoms with E-state index in [4.69, 9.17) is 22.3 Å². The van der Waals surface area contributed by atoms with Crippen LogP contribution in [0.3, 0.4) is 0 Å². The number of carboxylic acid groups (broad SMARTS) is 2. The molecule has 1 aromatic rings. The molecule has 11 N–H and O–H groups in total. The van der Waals surface area contributed by atoms with Crippen LogP contribution in [0.4, 0.5) is 0 Å². The molecule has 0 saturated carbocycles. The minimum Gasteiger partial charge on any atom is -0.508 e. The Balaban J connectivity index is 2.78. The molecule has 13 heteroatoms. The Morgan fingerprint density at radius 2 is 1.56 bits per heavy atom. The molecule has 2 amide bonds. The second-order valence-electron chi connectivity index (χ2n) is 6.98. The van der Waals surface area contributed by atoms with E-state index in [-0.39, 0.29) is 31.1 Å². The molecular formula is C19H28N6O7. The number of hydrogen-bond acceptors (Lipinski definition) is 7. The molecule has 0 saturated heterocycles. The maximum atomic E-state index is 12.6. The van der Waals surface area contributed by atoms with Gasteiger partial charge in [-0.25, -0.2) is 4.79 Å². The maximum Gasteiger partial charge on any atom is 0.326 e. The first-order valence-electron chi connectivity index (χ1n) is 9.63. The lowest BCUT2D eigenvalue weighted by atomic mass is 10.0. The molecule has 0 aliphatic heterocycles. The summed E-state index contributed by atoms with van der Waals surface area (Å²) in [7, 11) is 0. The molecule has 0 aliphatic carbocycles. The SMILES string of the molecule is NC(N)=NCCC[C@H](N)C(=O)N[C@@H](CC(=O)O)C(=O)N[C@@H](Cc1ccc(O)cc1)C(=O)O. The first kappa shape index (κ1) is 26.2. The van der Waals surface area contributed by atoms with Crippen LogP contribution >= 0.6 is 0 Å². The van der Waals surface area contributed by atoms with Crippen molar-refractivity contribution in [3.63, 3.8) is 0 Å². The van der Waals surface area contributed by atoms with Gasteiger partial charge in [0.1, 0.15) is 17.8 Å². The number of carboxylic acids is 2. The Morgan fingerprint density at radius 1 is 0.969 bits per heavy atom. The molecule has 32 heavy (non-hydrogen) atoms. The summed E-state index contributed by atoms with van der Waals surface area (Å²) in [6.07, 6.45) is -0.359. The zero-order valence-electron chi connectivity index (χ0n) is 17.2. The van der Waals surface area contributed by atoms with E-state index in [1.165, 1.54) is 24.3 Å². The summed E-state index contributed by atoms with van der Waals surface area (Å²) in [5.41, 5.74) is 16.7. The van der Waals surface area contributed by atoms with Crippen LogP contribution in [0.15, 0.2) is 29.3 Å². The van der Waals surface area contributed by atoms with Gasteiger partial charge in [0.25, 0.3) is 0 Å². The van der Waals surface area contributed by atoms with Crippen LogP contribution in [0, 0.1) is 0 Å². The van der Waals surface area contributed by atoms with Crippen LogP contribution in [-0.4, -0.2) is 69.7 Å². The van der Waals surface area contributed by atoms with Crippen LogP contribution < -0.4 is 27.8 Å². The zero-order chi connectivity index (χ0) is 24.3. The largest absolute Gasteiger partial charge is 0.508 e. The number of benzene rings is 1. The number of hydrogen-bond donors (Lipinski definition) is 8. The Bertz CT molecular complexity index is 839. The summed E-state index contributed by atoms with van der Waals surface area (Å²) in [6, 6.07) is 1.69. The first-order chi connectivity index (χ1) is 15.0. The number of nitrogens with zero attached hydrogens (tertiary/aromatic N) is 1. The van der Waals surface area contributed by atoms with Gasteiger partial charge in [-0.15, -0.1) is 0 Å². The van der Waals surface area contributed by atoms with Gasteiger partial charge >= 0.3 is 11.9 Å². The molecule has 0 bridgehead atoms. The van der Waals surface area contributed by atoms with Crippen LogP contribution in [-0.2, 0) is 25.6 Å². The van der Waals surface area contributed by atoms with Gasteiger partial charge in [-0.1, -0.05) is 12.1 Å². The summed E-state index contributed by atoms with van der Waals surface area (Å²) in [5.74, 6) is -4.62. The summed E-state index contributed by atoms with van der Waals surface area (Å²) in [5, 5.41) is 32.3. The number of aromatic hydroxyl groups is 1. The Labute approximate surface area is 183 Å². The molecule has 13 nitrogen and oxygen atoms in total. The third kappa shape index (κ3) is 9.75. The lowest BCUT2D eigenvalue weighted by molar-refractivity contribution is -0.143. The highest BCUT2D eigenvalue weighted by Crippen LogP contribution is 2.12. The first-order valence-corrected chi connectivity index (χ1v) is 9.63. The van der Waals surface area contributed by atoms with Crippen LogP contribution in [0.2, 0.25) is 0 Å². The van der Waals surface area contributed by atoms with Crippen LogP contribution in [0.25, 0.3) is 0 Å². The topological polar surface area (TPSA) is 243 Å². The molecule has 176 valence electrons. The van der Waals surface area contributed by atoms with Crippen LogP contribution in [0.1, 0.15) is 24.8 Å². The number of carbonyl (C=O) groups excluding carboxylic acids is 2. The Morgan fingerprint density at radius 3 is 2.09 bits per heavy atom. The maximum absolute atomic E-state index is 12.6. The molecule has 0 spiro atoms. The number of nitrogens with one attached hydrogen (secondary N) is 2. The average Bonchev–Trinajstić information content (AvgIpc) is 2.70. The molecule has 0 fully saturated rings. The number of carbonyl (C=O) groups is 4. The van der Waals surface area contributed by atoms with Crippen molar-refractivity contribution >= 4 is 29.7 Å². The third-order valence-electron chi connectivity index (χ3n) is 4.31. The zero-order valence-corrected chi connectivity index (χ0v) is 17.2. The van der Waals surface area contributed by atoms with Gasteiger partial charge in [0.15, 0.2) is 5.96 Å². The number of rotatable bonds is 13. The van der Waals surface area contributed by atoms with Crippen molar-refractivity contribution in [2.75, 3.05) is 6.54 Å². The van der Waals surface area contributed by atoms with E-state index in [1.807, 2.05) is 0 Å². The van der Waals surface area contributed by atoms with Gasteiger partial charge in [-0.05, 0) is 30.5 Å². The van der Waals surface area contributed by atoms with E-state index in [1.54, 1.807) is 0 Å². The van der Waals surface area contributed by atoms with Gasteiger partial charge in [0.2, 0.25) is 11.8 Å². The van der Waals surface area contributed by atoms with Crippen molar-refractivity contribution in [2.24, 2.45) is 22.2 Å². The molecule has 0 aromatic heterocycles. The number of guanidine groups is 1. The molecule has 0 unspecified atom stereocenters. The monoisotopic (exact) mass is 452 g/mol. The van der Waals surface area contributed by atoms with Crippen molar-refractivity contribution in [3.8, 4) is 5.75 Å². The Kier molecular flexibility index (Phi) is 10.4. The third-order valence-corrected chi connectivity index (χ3v) is 4.31. The van der Waals surface area contributed by atoms with Crippen molar-refractivity contribution < 1.29 is 34.5 Å². The summed E-state index contributed by atoms with van der Waals surface area (Å²) < 4.78 is 0. The summed E-state index contributed by atoms with van der Waals surface area (Å²) in [4.78, 5) is 51.3. The number of aliphatic imine (C=N–C) groups is 1. The van der Waals surface area contributed by atoms with Crippen molar-refractivity contribution in [2.45, 2.75) is 43.8 Å². The Hall–Kier alpha value is -3.87. The molecule has 1 rings (SSSR count). The van der Waals surface area contributed by atoms with Gasteiger partial charge in [-0.2, -0.15) is 0 Å². The van der Waals surface area contributed by atoms with Gasteiger partial charge in [0, 0.05) is 13.0 Å². The quantitative estimate of drug-likeness (QED) is 0.0915. The van der Waals surface area contributed by atoms with E-state index in [0.717, 1.165) is 0 Å². The predicted molar refractivity (Wildman–Crippen MR) is 113 cm³/mol. The minimum atomic E-state index is -1.54. The fourth-order valence-corrected chi connectivity index (χ4v) is 2.65. The summed E-state index contributed by atoms with van der Waals surface area (Å²) >= 11 is 0. The fraction of sp³-hybridized carbons (Fsp3) is 0.421. The van der Waals surface area contributed by atoms with Crippen molar-refractivity contribution in [1.82, 2.24) is 10.6 Å². The molecule has 0 heterocycles. The van der Waals surface area contributed by atoms with E-state index in [0.29, 0.717) is 12.0 Å². The molecule has 3 atom stereocenters. The average molecular weight is 452 g/mol. The summed E-state index contributed by atoms with van der Waals surface area (Å²) in [6.45, 7) is 0.236. The highest BCUT2D eigenvalue weighted by Gasteiger charge is 2.29. The normalized spacial score (nSPS) is 13.3. The van der Waals surface area contributed by atoms with Crippen LogP contribution in [0.5, 0.6) is 5.75 Å². The molecule has 0 radical (unpaired) electrons. The van der Waals surface area contributed by atoms with Crippen molar-refractivity contribution in [1.29, 1.82) is 0 Å². The molecule has 0 aliphatic rings. The fourth-order valence-electron chi connectivity index (χ4n) is 2.65. The molecular weight excluding hydrogens is 424 g/mol. The number of phenols is 1. The molecule has 1 aromatic carbocycles. The number of amides is 2. The highest BCUT2D eigenvalue weighted by atomic mass is 16.4. The van der Waals surface area contributed by atoms with Gasteiger partial charge < -0.3 is 43.2 Å².